The third kappa shape index (κ3) is 2.66. The van der Waals surface area contributed by atoms with Crippen LogP contribution in [0.25, 0.3) is 0 Å². The number of Topliss-reactive ketones (excluding diaryl/α,β-unsaturated/α-hetero) is 1. The molecule has 5 fully saturated rings. The Morgan fingerprint density at radius 1 is 0.750 bits per heavy atom. The molecule has 0 spiro atoms. The van der Waals surface area contributed by atoms with Crippen molar-refractivity contribution >= 4 is 5.78 Å². The van der Waals surface area contributed by atoms with Crippen LogP contribution in [0, 0.1) is 56.2 Å². The van der Waals surface area contributed by atoms with Crippen LogP contribution in [0.15, 0.2) is 0 Å². The van der Waals surface area contributed by atoms with Gasteiger partial charge in [-0.3, -0.25) is 4.79 Å². The molecule has 5 aliphatic carbocycles. The normalized spacial score (nSPS) is 59.4. The molecule has 5 aliphatic rings. The second kappa shape index (κ2) is 6.64. The lowest BCUT2D eigenvalue weighted by molar-refractivity contribution is -0.292. The lowest BCUT2D eigenvalue weighted by Gasteiger charge is -2.75. The van der Waals surface area contributed by atoms with Gasteiger partial charge in [-0.05, 0) is 103 Å². The highest BCUT2D eigenvalue weighted by Gasteiger charge is 2.73. The highest BCUT2D eigenvalue weighted by Crippen LogP contribution is 2.78. The molecule has 0 unspecified atom stereocenters. The molecule has 5 rings (SSSR count). The molecule has 0 radical (unpaired) electrons. The van der Waals surface area contributed by atoms with Crippen LogP contribution >= 0.6 is 0 Å². The number of carbonyl (C=O) groups excluding carboxylic acids is 1. The second-order valence-electron chi connectivity index (χ2n) is 15.4. The Bertz CT molecular complexity index is 816. The molecular formula is C30H50O2. The fourth-order valence-electron chi connectivity index (χ4n) is 11.3. The van der Waals surface area contributed by atoms with E-state index in [9.17, 15) is 9.90 Å². The SMILES string of the molecule is C[C@H]1C(=O)CC[C@@H]2[C@]1(C)CC[C@H]1[C@@]2(C)C[C@H](O)[C@@]2(C)[C@@H]3CC(C)(C)CC[C@]3(C)CC[C@]12C. The summed E-state index contributed by atoms with van der Waals surface area (Å²) >= 11 is 0. The van der Waals surface area contributed by atoms with Crippen molar-refractivity contribution in [1.82, 2.24) is 0 Å². The molecule has 0 aliphatic heterocycles. The summed E-state index contributed by atoms with van der Waals surface area (Å²) in [4.78, 5) is 12.7. The first kappa shape index (κ1) is 23.4. The van der Waals surface area contributed by atoms with Crippen molar-refractivity contribution in [2.45, 2.75) is 126 Å². The number of carbonyl (C=O) groups is 1. The maximum atomic E-state index is 12.7. The van der Waals surface area contributed by atoms with Gasteiger partial charge in [-0.25, -0.2) is 0 Å². The predicted octanol–water partition coefficient (Wildman–Crippen LogP) is 7.43. The van der Waals surface area contributed by atoms with E-state index in [-0.39, 0.29) is 33.7 Å². The van der Waals surface area contributed by atoms with Crippen LogP contribution in [-0.2, 0) is 4.79 Å². The van der Waals surface area contributed by atoms with Crippen molar-refractivity contribution in [1.29, 1.82) is 0 Å². The molecule has 2 nitrogen and oxygen atoms in total. The maximum absolute atomic E-state index is 12.7. The summed E-state index contributed by atoms with van der Waals surface area (Å²) in [7, 11) is 0. The molecule has 1 N–H and O–H groups in total. The average Bonchev–Trinajstić information content (AvgIpc) is 2.70. The molecule has 0 saturated heterocycles. The predicted molar refractivity (Wildman–Crippen MR) is 131 cm³/mol. The molecule has 0 bridgehead atoms. The molecule has 10 atom stereocenters. The summed E-state index contributed by atoms with van der Waals surface area (Å²) in [6.45, 7) is 19.8. The van der Waals surface area contributed by atoms with Gasteiger partial charge in [0.25, 0.3) is 0 Å². The van der Waals surface area contributed by atoms with E-state index in [1.165, 1.54) is 44.9 Å². The molecule has 182 valence electrons. The first-order chi connectivity index (χ1) is 14.6. The number of aliphatic hydroxyl groups is 1. The summed E-state index contributed by atoms with van der Waals surface area (Å²) in [6.07, 6.45) is 11.5. The van der Waals surface area contributed by atoms with E-state index in [2.05, 4.69) is 55.4 Å². The number of aliphatic hydroxyl groups excluding tert-OH is 1. The first-order valence-corrected chi connectivity index (χ1v) is 13.8. The van der Waals surface area contributed by atoms with E-state index in [1.54, 1.807) is 0 Å². The van der Waals surface area contributed by atoms with Crippen molar-refractivity contribution < 1.29 is 9.90 Å². The zero-order valence-corrected chi connectivity index (χ0v) is 22.3. The maximum Gasteiger partial charge on any atom is 0.136 e. The Kier molecular flexibility index (Phi) is 4.85. The number of rotatable bonds is 0. The summed E-state index contributed by atoms with van der Waals surface area (Å²) < 4.78 is 0. The summed E-state index contributed by atoms with van der Waals surface area (Å²) in [5.74, 6) is 2.49. The summed E-state index contributed by atoms with van der Waals surface area (Å²) in [5, 5.41) is 12.2. The minimum Gasteiger partial charge on any atom is -0.393 e. The molecule has 32 heavy (non-hydrogen) atoms. The average molecular weight is 443 g/mol. The van der Waals surface area contributed by atoms with Crippen molar-refractivity contribution in [3.05, 3.63) is 0 Å². The van der Waals surface area contributed by atoms with Crippen LogP contribution in [-0.4, -0.2) is 17.0 Å². The van der Waals surface area contributed by atoms with Gasteiger partial charge in [0.15, 0.2) is 0 Å². The minimum atomic E-state index is -0.234. The van der Waals surface area contributed by atoms with Crippen LogP contribution in [0.1, 0.15) is 120 Å². The Hall–Kier alpha value is -0.370. The third-order valence-corrected chi connectivity index (χ3v) is 13.7. The second-order valence-corrected chi connectivity index (χ2v) is 15.4. The monoisotopic (exact) mass is 442 g/mol. The third-order valence-electron chi connectivity index (χ3n) is 13.7. The molecule has 5 saturated carbocycles. The Morgan fingerprint density at radius 2 is 1.41 bits per heavy atom. The Morgan fingerprint density at radius 3 is 2.09 bits per heavy atom. The number of ketones is 1. The van der Waals surface area contributed by atoms with Crippen molar-refractivity contribution in [2.75, 3.05) is 0 Å². The van der Waals surface area contributed by atoms with E-state index in [1.807, 2.05) is 0 Å². The van der Waals surface area contributed by atoms with Gasteiger partial charge in [-0.15, -0.1) is 0 Å². The summed E-state index contributed by atoms with van der Waals surface area (Å²) in [6, 6.07) is 0. The minimum absolute atomic E-state index is 0.00822. The zero-order valence-electron chi connectivity index (χ0n) is 22.3. The van der Waals surface area contributed by atoms with Gasteiger partial charge < -0.3 is 5.11 Å². The van der Waals surface area contributed by atoms with Gasteiger partial charge in [0.1, 0.15) is 5.78 Å². The number of hydrogen-bond acceptors (Lipinski definition) is 2. The molecule has 0 aromatic heterocycles. The highest BCUT2D eigenvalue weighted by atomic mass is 16.3. The van der Waals surface area contributed by atoms with Crippen LogP contribution in [0.3, 0.4) is 0 Å². The largest absolute Gasteiger partial charge is 0.393 e. The zero-order chi connectivity index (χ0) is 23.5. The van der Waals surface area contributed by atoms with Gasteiger partial charge in [-0.2, -0.15) is 0 Å². The van der Waals surface area contributed by atoms with E-state index in [0.717, 1.165) is 19.3 Å². The molecule has 0 heterocycles. The highest BCUT2D eigenvalue weighted by molar-refractivity contribution is 5.82. The summed E-state index contributed by atoms with van der Waals surface area (Å²) in [5.41, 5.74) is 1.20. The molecular weight excluding hydrogens is 392 g/mol. The fraction of sp³-hybridized carbons (Fsp3) is 0.967. The van der Waals surface area contributed by atoms with Crippen LogP contribution in [0.2, 0.25) is 0 Å². The fourth-order valence-corrected chi connectivity index (χ4v) is 11.3. The Balaban J connectivity index is 1.59. The topological polar surface area (TPSA) is 37.3 Å². The van der Waals surface area contributed by atoms with Gasteiger partial charge in [0.05, 0.1) is 6.10 Å². The molecule has 0 aromatic carbocycles. The van der Waals surface area contributed by atoms with Crippen molar-refractivity contribution in [3.63, 3.8) is 0 Å². The molecule has 0 amide bonds. The lowest BCUT2D eigenvalue weighted by Crippen LogP contribution is -2.71. The van der Waals surface area contributed by atoms with Gasteiger partial charge in [-0.1, -0.05) is 55.4 Å². The van der Waals surface area contributed by atoms with Crippen molar-refractivity contribution in [2.24, 2.45) is 56.2 Å². The first-order valence-electron chi connectivity index (χ1n) is 13.8. The molecule has 2 heteroatoms. The number of fused-ring (bicyclic) bond motifs is 7. The lowest BCUT2D eigenvalue weighted by atomic mass is 9.29. The Labute approximate surface area is 197 Å². The molecule has 0 aromatic rings. The van der Waals surface area contributed by atoms with Gasteiger partial charge >= 0.3 is 0 Å². The quantitative estimate of drug-likeness (QED) is 0.423. The van der Waals surface area contributed by atoms with Gasteiger partial charge in [0, 0.05) is 17.8 Å². The number of hydrogen-bond donors (Lipinski definition) is 1. The standard InChI is InChI=1S/C30H50O2/c1-19-20(31)9-10-21-27(19,5)12-11-22-28(21,6)18-24(32)30(8)23-17-25(2,3)13-14-26(23,4)15-16-29(22,30)7/h19,21-24,32H,9-18H2,1-8H3/t19-,21+,22-,23+,24-,26+,27+,28-,29+,30+/m0/s1. The van der Waals surface area contributed by atoms with Crippen molar-refractivity contribution in [3.8, 4) is 0 Å². The van der Waals surface area contributed by atoms with E-state index >= 15 is 0 Å². The van der Waals surface area contributed by atoms with E-state index < -0.39 is 0 Å². The van der Waals surface area contributed by atoms with E-state index in [0.29, 0.717) is 34.4 Å². The van der Waals surface area contributed by atoms with Crippen LogP contribution in [0.5, 0.6) is 0 Å². The van der Waals surface area contributed by atoms with Crippen LogP contribution < -0.4 is 0 Å². The van der Waals surface area contributed by atoms with Gasteiger partial charge in [0.2, 0.25) is 0 Å². The van der Waals surface area contributed by atoms with E-state index in [4.69, 9.17) is 0 Å². The van der Waals surface area contributed by atoms with Crippen LogP contribution in [0.4, 0.5) is 0 Å². The smallest absolute Gasteiger partial charge is 0.136 e.